The third kappa shape index (κ3) is 5.63. The maximum atomic E-state index is 6.77. The van der Waals surface area contributed by atoms with Gasteiger partial charge < -0.3 is 4.74 Å². The summed E-state index contributed by atoms with van der Waals surface area (Å²) in [6.45, 7) is 0. The molecule has 0 spiro atoms. The first-order chi connectivity index (χ1) is 15.8. The molecule has 0 heterocycles. The van der Waals surface area contributed by atoms with Crippen molar-refractivity contribution in [1.82, 2.24) is 0 Å². The molecule has 168 valence electrons. The van der Waals surface area contributed by atoms with E-state index in [2.05, 4.69) is 0 Å². The molecule has 0 bridgehead atoms. The smallest absolute Gasteiger partial charge is 0.112 e. The van der Waals surface area contributed by atoms with Gasteiger partial charge in [0.15, 0.2) is 0 Å². The Hall–Kier alpha value is -1.42. The lowest BCUT2D eigenvalue weighted by molar-refractivity contribution is 0.0311. The van der Waals surface area contributed by atoms with Crippen LogP contribution in [0.4, 0.5) is 0 Å². The molecular formula is C26H16Cl6O. The lowest BCUT2D eigenvalue weighted by Crippen LogP contribution is -2.15. The van der Waals surface area contributed by atoms with E-state index in [4.69, 9.17) is 74.3 Å². The lowest BCUT2D eigenvalue weighted by atomic mass is 9.97. The van der Waals surface area contributed by atoms with Crippen LogP contribution in [0.3, 0.4) is 0 Å². The molecule has 4 rings (SSSR count). The van der Waals surface area contributed by atoms with Gasteiger partial charge >= 0.3 is 0 Å². The molecule has 33 heavy (non-hydrogen) atoms. The molecule has 0 saturated carbocycles. The van der Waals surface area contributed by atoms with E-state index >= 15 is 0 Å². The SMILES string of the molecule is Clc1ccc(C(OC(c2ccccc2Cl)c2ccc(Cl)cc2Cl)c2ccccc2Cl)c(Cl)c1. The summed E-state index contributed by atoms with van der Waals surface area (Å²) in [5, 5.41) is 3.01. The van der Waals surface area contributed by atoms with Gasteiger partial charge in [-0.05, 0) is 36.4 Å². The third-order valence-corrected chi connectivity index (χ3v) is 6.95. The highest BCUT2D eigenvalue weighted by atomic mass is 35.5. The molecule has 4 aromatic carbocycles. The molecule has 0 aliphatic carbocycles. The fourth-order valence-electron chi connectivity index (χ4n) is 3.57. The molecule has 2 atom stereocenters. The second-order valence-corrected chi connectivity index (χ2v) is 9.77. The Morgan fingerprint density at radius 2 is 0.788 bits per heavy atom. The van der Waals surface area contributed by atoms with Crippen molar-refractivity contribution in [2.24, 2.45) is 0 Å². The Labute approximate surface area is 222 Å². The standard InChI is InChI=1S/C26H16Cl6O/c27-15-9-11-19(23(31)13-15)25(17-5-1-3-7-21(17)29)33-26(18-6-2-4-8-22(18)30)20-12-10-16(28)14-24(20)32/h1-14,25-26H. The summed E-state index contributed by atoms with van der Waals surface area (Å²) in [5.41, 5.74) is 2.89. The summed E-state index contributed by atoms with van der Waals surface area (Å²) in [6, 6.07) is 25.4. The summed E-state index contributed by atoms with van der Waals surface area (Å²) in [6.07, 6.45) is -1.28. The van der Waals surface area contributed by atoms with E-state index in [0.717, 1.165) is 11.1 Å². The number of rotatable bonds is 6. The number of ether oxygens (including phenoxy) is 1. The van der Waals surface area contributed by atoms with Crippen molar-refractivity contribution in [3.63, 3.8) is 0 Å². The van der Waals surface area contributed by atoms with Crippen LogP contribution in [-0.2, 0) is 4.74 Å². The van der Waals surface area contributed by atoms with Gasteiger partial charge in [-0.1, -0.05) is 118 Å². The Kier molecular flexibility index (Phi) is 8.15. The van der Waals surface area contributed by atoms with Gasteiger partial charge in [-0.3, -0.25) is 0 Å². The van der Waals surface area contributed by atoms with E-state index in [-0.39, 0.29) is 0 Å². The molecular weight excluding hydrogens is 541 g/mol. The van der Waals surface area contributed by atoms with Crippen LogP contribution < -0.4 is 0 Å². The third-order valence-electron chi connectivity index (χ3n) is 5.14. The van der Waals surface area contributed by atoms with Gasteiger partial charge in [0.05, 0.1) is 0 Å². The van der Waals surface area contributed by atoms with E-state index in [0.29, 0.717) is 41.3 Å². The Bertz CT molecular complexity index is 1190. The predicted octanol–water partition coefficient (Wildman–Crippen LogP) is 10.5. The molecule has 0 fully saturated rings. The summed E-state index contributed by atoms with van der Waals surface area (Å²) < 4.78 is 6.77. The Balaban J connectivity index is 1.91. The average molecular weight is 557 g/mol. The molecule has 0 radical (unpaired) electrons. The highest BCUT2D eigenvalue weighted by molar-refractivity contribution is 6.36. The first kappa shape index (κ1) is 24.7. The number of halogens is 6. The van der Waals surface area contributed by atoms with Crippen LogP contribution in [0.1, 0.15) is 34.5 Å². The zero-order valence-electron chi connectivity index (χ0n) is 16.9. The maximum absolute atomic E-state index is 6.77. The van der Waals surface area contributed by atoms with Gasteiger partial charge in [0, 0.05) is 52.4 Å². The predicted molar refractivity (Wildman–Crippen MR) is 141 cm³/mol. The van der Waals surface area contributed by atoms with E-state index < -0.39 is 12.2 Å². The summed E-state index contributed by atoms with van der Waals surface area (Å²) in [5.74, 6) is 0. The van der Waals surface area contributed by atoms with Crippen molar-refractivity contribution in [2.45, 2.75) is 12.2 Å². The van der Waals surface area contributed by atoms with Gasteiger partial charge in [-0.2, -0.15) is 0 Å². The normalized spacial score (nSPS) is 13.0. The molecule has 0 saturated heterocycles. The largest absolute Gasteiger partial charge is 0.356 e. The average Bonchev–Trinajstić information content (AvgIpc) is 2.77. The van der Waals surface area contributed by atoms with E-state index in [1.54, 1.807) is 36.4 Å². The van der Waals surface area contributed by atoms with Crippen molar-refractivity contribution in [1.29, 1.82) is 0 Å². The van der Waals surface area contributed by atoms with Crippen molar-refractivity contribution in [3.8, 4) is 0 Å². The van der Waals surface area contributed by atoms with E-state index in [1.165, 1.54) is 0 Å². The first-order valence-corrected chi connectivity index (χ1v) is 12.2. The van der Waals surface area contributed by atoms with Gasteiger partial charge in [0.2, 0.25) is 0 Å². The van der Waals surface area contributed by atoms with Gasteiger partial charge in [-0.25, -0.2) is 0 Å². The summed E-state index contributed by atoms with van der Waals surface area (Å²) in [7, 11) is 0. The molecule has 0 N–H and O–H groups in total. The molecule has 4 aromatic rings. The molecule has 0 aliphatic heterocycles. The topological polar surface area (TPSA) is 9.23 Å². The van der Waals surface area contributed by atoms with Gasteiger partial charge in [0.1, 0.15) is 12.2 Å². The van der Waals surface area contributed by atoms with E-state index in [9.17, 15) is 0 Å². The van der Waals surface area contributed by atoms with Gasteiger partial charge in [-0.15, -0.1) is 0 Å². The van der Waals surface area contributed by atoms with Crippen molar-refractivity contribution in [3.05, 3.63) is 137 Å². The summed E-state index contributed by atoms with van der Waals surface area (Å²) in [4.78, 5) is 0. The van der Waals surface area contributed by atoms with Gasteiger partial charge in [0.25, 0.3) is 0 Å². The van der Waals surface area contributed by atoms with Crippen LogP contribution in [0.5, 0.6) is 0 Å². The number of hydrogen-bond acceptors (Lipinski definition) is 1. The molecule has 7 heteroatoms. The first-order valence-electron chi connectivity index (χ1n) is 9.89. The minimum Gasteiger partial charge on any atom is -0.356 e. The zero-order valence-corrected chi connectivity index (χ0v) is 21.4. The Morgan fingerprint density at radius 1 is 0.424 bits per heavy atom. The van der Waals surface area contributed by atoms with Crippen LogP contribution in [0.2, 0.25) is 30.1 Å². The van der Waals surface area contributed by atoms with Crippen LogP contribution in [-0.4, -0.2) is 0 Å². The van der Waals surface area contributed by atoms with Crippen molar-refractivity contribution >= 4 is 69.6 Å². The van der Waals surface area contributed by atoms with Crippen LogP contribution >= 0.6 is 69.6 Å². The fraction of sp³-hybridized carbons (Fsp3) is 0.0769. The molecule has 1 nitrogen and oxygen atoms in total. The minimum atomic E-state index is -0.642. The maximum Gasteiger partial charge on any atom is 0.112 e. The van der Waals surface area contributed by atoms with Crippen molar-refractivity contribution < 1.29 is 4.74 Å². The molecule has 0 aliphatic rings. The monoisotopic (exact) mass is 554 g/mol. The highest BCUT2D eigenvalue weighted by Crippen LogP contribution is 2.44. The number of benzene rings is 4. The quantitative estimate of drug-likeness (QED) is 0.229. The second-order valence-electron chi connectivity index (χ2n) is 7.27. The molecule has 2 unspecified atom stereocenters. The zero-order chi connectivity index (χ0) is 23.5. The highest BCUT2D eigenvalue weighted by Gasteiger charge is 2.28. The van der Waals surface area contributed by atoms with Crippen molar-refractivity contribution in [2.75, 3.05) is 0 Å². The molecule has 0 amide bonds. The fourth-order valence-corrected chi connectivity index (χ4v) is 5.05. The minimum absolute atomic E-state index is 0.451. The molecule has 0 aromatic heterocycles. The van der Waals surface area contributed by atoms with Crippen LogP contribution in [0.15, 0.2) is 84.9 Å². The summed E-state index contributed by atoms with van der Waals surface area (Å²) >= 11 is 38.7. The lowest BCUT2D eigenvalue weighted by Gasteiger charge is -2.29. The van der Waals surface area contributed by atoms with E-state index in [1.807, 2.05) is 48.5 Å². The van der Waals surface area contributed by atoms with Crippen LogP contribution in [0, 0.1) is 0 Å². The number of hydrogen-bond donors (Lipinski definition) is 0. The Morgan fingerprint density at radius 3 is 1.15 bits per heavy atom. The second kappa shape index (κ2) is 10.9. The van der Waals surface area contributed by atoms with Crippen LogP contribution in [0.25, 0.3) is 0 Å².